The largest absolute Gasteiger partial charge is 0.463 e. The molecule has 23 heavy (non-hydrogen) atoms. The van der Waals surface area contributed by atoms with Crippen LogP contribution >= 0.6 is 0 Å². The second-order valence-corrected chi connectivity index (χ2v) is 3.72. The van der Waals surface area contributed by atoms with Crippen LogP contribution in [-0.2, 0) is 23.8 Å². The summed E-state index contributed by atoms with van der Waals surface area (Å²) in [5.41, 5.74) is 0. The minimum Gasteiger partial charge on any atom is -0.463 e. The van der Waals surface area contributed by atoms with Crippen LogP contribution in [0.3, 0.4) is 0 Å². The van der Waals surface area contributed by atoms with Gasteiger partial charge in [0.25, 0.3) is 0 Å². The topological polar surface area (TPSA) is 61.8 Å². The van der Waals surface area contributed by atoms with E-state index in [0.717, 1.165) is 12.5 Å². The minimum atomic E-state index is -0.366. The van der Waals surface area contributed by atoms with Crippen LogP contribution in [0.4, 0.5) is 0 Å². The Morgan fingerprint density at radius 1 is 0.913 bits per heavy atom. The van der Waals surface area contributed by atoms with Gasteiger partial charge < -0.3 is 14.2 Å². The van der Waals surface area contributed by atoms with E-state index in [0.29, 0.717) is 32.3 Å². The summed E-state index contributed by atoms with van der Waals surface area (Å²) in [6, 6.07) is 0. The van der Waals surface area contributed by atoms with Gasteiger partial charge in [-0.2, -0.15) is 0 Å². The van der Waals surface area contributed by atoms with Gasteiger partial charge in [-0.25, -0.2) is 9.59 Å². The van der Waals surface area contributed by atoms with E-state index in [1.165, 1.54) is 6.08 Å². The number of esters is 2. The Morgan fingerprint density at radius 3 is 1.70 bits per heavy atom. The van der Waals surface area contributed by atoms with E-state index in [4.69, 9.17) is 9.47 Å². The number of carbonyl (C=O) groups is 2. The molecular formula is C18H34O5. The summed E-state index contributed by atoms with van der Waals surface area (Å²) in [4.78, 5) is 20.8. The normalized spacial score (nSPS) is 9.35. The Labute approximate surface area is 142 Å². The first-order valence-electron chi connectivity index (χ1n) is 7.21. The van der Waals surface area contributed by atoms with Crippen LogP contribution in [0.15, 0.2) is 38.5 Å². The van der Waals surface area contributed by atoms with Gasteiger partial charge in [-0.15, -0.1) is 13.2 Å². The van der Waals surface area contributed by atoms with Crippen molar-refractivity contribution in [3.8, 4) is 0 Å². The van der Waals surface area contributed by atoms with Crippen LogP contribution in [0, 0.1) is 5.92 Å². The lowest BCUT2D eigenvalue weighted by molar-refractivity contribution is -0.140. The molecule has 0 radical (unpaired) electrons. The van der Waals surface area contributed by atoms with Crippen LogP contribution in [0.2, 0.25) is 0 Å². The van der Waals surface area contributed by atoms with Gasteiger partial charge in [0.2, 0.25) is 0 Å². The molecule has 1 atom stereocenters. The van der Waals surface area contributed by atoms with Gasteiger partial charge in [-0.3, -0.25) is 0 Å². The van der Waals surface area contributed by atoms with Crippen molar-refractivity contribution in [2.75, 3.05) is 26.4 Å². The van der Waals surface area contributed by atoms with Crippen molar-refractivity contribution in [2.24, 2.45) is 5.92 Å². The molecule has 136 valence electrons. The Balaban J connectivity index is -0.000000154. The highest BCUT2D eigenvalue weighted by Crippen LogP contribution is 2.04. The van der Waals surface area contributed by atoms with Crippen LogP contribution in [-0.4, -0.2) is 38.4 Å². The van der Waals surface area contributed by atoms with Crippen molar-refractivity contribution in [1.29, 1.82) is 0 Å². The predicted molar refractivity (Wildman–Crippen MR) is 96.2 cm³/mol. The van der Waals surface area contributed by atoms with Crippen LogP contribution in [0.25, 0.3) is 0 Å². The molecule has 0 bridgehead atoms. The van der Waals surface area contributed by atoms with E-state index in [-0.39, 0.29) is 19.4 Å². The molecule has 0 aliphatic heterocycles. The molecule has 0 aromatic heterocycles. The van der Waals surface area contributed by atoms with Crippen LogP contribution in [0.1, 0.15) is 34.6 Å². The zero-order valence-corrected chi connectivity index (χ0v) is 14.1. The molecule has 0 aromatic rings. The summed E-state index contributed by atoms with van der Waals surface area (Å²) in [5.74, 6) is -0.429. The molecule has 1 unspecified atom stereocenters. The average Bonchev–Trinajstić information content (AvgIpc) is 2.57. The predicted octanol–water partition coefficient (Wildman–Crippen LogP) is 3.95. The first-order chi connectivity index (χ1) is 10.5. The van der Waals surface area contributed by atoms with E-state index in [2.05, 4.69) is 31.1 Å². The van der Waals surface area contributed by atoms with Gasteiger partial charge in [-0.1, -0.05) is 27.5 Å². The van der Waals surface area contributed by atoms with Crippen molar-refractivity contribution in [2.45, 2.75) is 34.6 Å². The standard InChI is InChI=1S/C10H18O3.C5H8O2.C2H4.CH4/c1-4-9(7-12-6-3)8-13-10(11)5-2;1-3-5(6)7-4-2;1-2;/h5,9H,2,4,6-8H2,1,3H3;3H,1,4H2,2H3;1-2H2;1H4. The van der Waals surface area contributed by atoms with Gasteiger partial charge in [0.1, 0.15) is 0 Å². The lowest BCUT2D eigenvalue weighted by Gasteiger charge is -2.13. The van der Waals surface area contributed by atoms with E-state index in [1.54, 1.807) is 6.92 Å². The summed E-state index contributed by atoms with van der Waals surface area (Å²) >= 11 is 0. The molecule has 0 amide bonds. The van der Waals surface area contributed by atoms with E-state index in [9.17, 15) is 9.59 Å². The highest BCUT2D eigenvalue weighted by atomic mass is 16.5. The second kappa shape index (κ2) is 25.1. The number of ether oxygens (including phenoxy) is 3. The third-order valence-corrected chi connectivity index (χ3v) is 2.22. The highest BCUT2D eigenvalue weighted by molar-refractivity contribution is 5.81. The zero-order chi connectivity index (χ0) is 17.8. The van der Waals surface area contributed by atoms with E-state index < -0.39 is 0 Å². The molecule has 0 N–H and O–H groups in total. The number of hydrogen-bond acceptors (Lipinski definition) is 5. The first kappa shape index (κ1) is 29.2. The third kappa shape index (κ3) is 25.4. The lowest BCUT2D eigenvalue weighted by Crippen LogP contribution is -2.17. The van der Waals surface area contributed by atoms with Gasteiger partial charge in [-0.05, 0) is 20.3 Å². The van der Waals surface area contributed by atoms with Gasteiger partial charge in [0.15, 0.2) is 0 Å². The van der Waals surface area contributed by atoms with Gasteiger partial charge in [0, 0.05) is 24.7 Å². The SMILES string of the molecule is C.C=C.C=CC(=O)OCC.C=CC(=O)OCC(CC)COCC. The molecule has 5 nitrogen and oxygen atoms in total. The summed E-state index contributed by atoms with van der Waals surface area (Å²) < 4.78 is 14.6. The molecule has 0 rings (SSSR count). The monoisotopic (exact) mass is 330 g/mol. The molecule has 0 aliphatic carbocycles. The zero-order valence-electron chi connectivity index (χ0n) is 14.1. The fourth-order valence-electron chi connectivity index (χ4n) is 1.03. The molecule has 0 saturated carbocycles. The maximum absolute atomic E-state index is 10.7. The molecule has 5 heteroatoms. The van der Waals surface area contributed by atoms with Crippen LogP contribution < -0.4 is 0 Å². The Morgan fingerprint density at radius 2 is 1.39 bits per heavy atom. The maximum Gasteiger partial charge on any atom is 0.330 e. The van der Waals surface area contributed by atoms with E-state index in [1.807, 2.05) is 13.8 Å². The third-order valence-electron chi connectivity index (χ3n) is 2.22. The summed E-state index contributed by atoms with van der Waals surface area (Å²) in [6.07, 6.45) is 3.27. The number of rotatable bonds is 9. The lowest BCUT2D eigenvalue weighted by atomic mass is 10.1. The Kier molecular flexibility index (Phi) is 31.8. The smallest absolute Gasteiger partial charge is 0.330 e. The summed E-state index contributed by atoms with van der Waals surface area (Å²) in [6.45, 7) is 20.5. The molecule has 0 fully saturated rings. The van der Waals surface area contributed by atoms with Crippen molar-refractivity contribution in [3.63, 3.8) is 0 Å². The van der Waals surface area contributed by atoms with Crippen molar-refractivity contribution in [3.05, 3.63) is 38.5 Å². The van der Waals surface area contributed by atoms with Crippen LogP contribution in [0.5, 0.6) is 0 Å². The number of carbonyl (C=O) groups excluding carboxylic acids is 2. The fourth-order valence-corrected chi connectivity index (χ4v) is 1.03. The Hall–Kier alpha value is -1.88. The number of hydrogen-bond donors (Lipinski definition) is 0. The average molecular weight is 330 g/mol. The summed E-state index contributed by atoms with van der Waals surface area (Å²) in [5, 5.41) is 0. The summed E-state index contributed by atoms with van der Waals surface area (Å²) in [7, 11) is 0. The van der Waals surface area contributed by atoms with Crippen molar-refractivity contribution in [1.82, 2.24) is 0 Å². The molecule has 0 saturated heterocycles. The van der Waals surface area contributed by atoms with Gasteiger partial charge in [0.05, 0.1) is 19.8 Å². The Bertz CT molecular complexity index is 300. The molecule has 0 aliphatic rings. The van der Waals surface area contributed by atoms with Gasteiger partial charge >= 0.3 is 11.9 Å². The highest BCUT2D eigenvalue weighted by Gasteiger charge is 2.08. The first-order valence-corrected chi connectivity index (χ1v) is 7.21. The van der Waals surface area contributed by atoms with Crippen molar-refractivity contribution >= 4 is 11.9 Å². The quantitative estimate of drug-likeness (QED) is 0.364. The van der Waals surface area contributed by atoms with Crippen molar-refractivity contribution < 1.29 is 23.8 Å². The minimum absolute atomic E-state index is 0. The molecule has 0 spiro atoms. The van der Waals surface area contributed by atoms with E-state index >= 15 is 0 Å². The molecular weight excluding hydrogens is 296 g/mol. The fraction of sp³-hybridized carbons (Fsp3) is 0.556. The maximum atomic E-state index is 10.7. The second-order valence-electron chi connectivity index (χ2n) is 3.72. The molecule has 0 aromatic carbocycles. The molecule has 0 heterocycles.